The third kappa shape index (κ3) is 5.32. The third-order valence-electron chi connectivity index (χ3n) is 4.55. The van der Waals surface area contributed by atoms with E-state index in [2.05, 4.69) is 51.0 Å². The number of amides is 1. The highest BCUT2D eigenvalue weighted by Gasteiger charge is 2.23. The van der Waals surface area contributed by atoms with Crippen LogP contribution in [0.15, 0.2) is 48.8 Å². The maximum atomic E-state index is 12.5. The molecule has 140 valence electrons. The highest BCUT2D eigenvalue weighted by atomic mass is 16.5. The van der Waals surface area contributed by atoms with Gasteiger partial charge in [-0.15, -0.1) is 0 Å². The fourth-order valence-corrected chi connectivity index (χ4v) is 2.65. The van der Waals surface area contributed by atoms with Gasteiger partial charge in [0.25, 0.3) is 5.91 Å². The lowest BCUT2D eigenvalue weighted by Crippen LogP contribution is -2.42. The Bertz CT molecular complexity index is 733. The minimum absolute atomic E-state index is 0.0411. The molecule has 1 N–H and O–H groups in total. The zero-order valence-electron chi connectivity index (χ0n) is 16.7. The fraction of sp³-hybridized carbons (Fsp3) is 0.455. The second kappa shape index (κ2) is 7.90. The maximum Gasteiger partial charge on any atom is 0.260 e. The van der Waals surface area contributed by atoms with Gasteiger partial charge in [0, 0.05) is 24.4 Å². The van der Waals surface area contributed by atoms with Crippen LogP contribution in [0, 0.1) is 0 Å². The number of benzene rings is 1. The molecule has 26 heavy (non-hydrogen) atoms. The third-order valence-corrected chi connectivity index (χ3v) is 4.55. The first-order chi connectivity index (χ1) is 12.1. The summed E-state index contributed by atoms with van der Waals surface area (Å²) in [4.78, 5) is 16.5. The van der Waals surface area contributed by atoms with E-state index in [4.69, 9.17) is 4.74 Å². The average molecular weight is 354 g/mol. The van der Waals surface area contributed by atoms with E-state index in [-0.39, 0.29) is 16.7 Å². The van der Waals surface area contributed by atoms with E-state index in [0.29, 0.717) is 12.3 Å². The average Bonchev–Trinajstić information content (AvgIpc) is 2.60. The van der Waals surface area contributed by atoms with Gasteiger partial charge in [0.1, 0.15) is 5.75 Å². The molecule has 0 radical (unpaired) electrons. The first kappa shape index (κ1) is 20.0. The molecule has 1 amide bonds. The van der Waals surface area contributed by atoms with Gasteiger partial charge in [-0.1, -0.05) is 46.8 Å². The van der Waals surface area contributed by atoms with Crippen molar-refractivity contribution >= 4 is 5.91 Å². The molecule has 0 aliphatic rings. The van der Waals surface area contributed by atoms with Gasteiger partial charge in [0.15, 0.2) is 6.10 Å². The van der Waals surface area contributed by atoms with Gasteiger partial charge in [-0.25, -0.2) is 0 Å². The molecule has 4 heteroatoms. The zero-order chi connectivity index (χ0) is 19.4. The first-order valence-electron chi connectivity index (χ1n) is 9.05. The molecule has 0 saturated heterocycles. The van der Waals surface area contributed by atoms with E-state index < -0.39 is 6.10 Å². The summed E-state index contributed by atoms with van der Waals surface area (Å²) >= 11 is 0. The van der Waals surface area contributed by atoms with Gasteiger partial charge in [-0.2, -0.15) is 0 Å². The number of carbonyl (C=O) groups is 1. The van der Waals surface area contributed by atoms with Crippen molar-refractivity contribution in [1.82, 2.24) is 10.3 Å². The van der Waals surface area contributed by atoms with Crippen LogP contribution in [-0.2, 0) is 15.6 Å². The number of hydrogen-bond acceptors (Lipinski definition) is 3. The molecule has 1 atom stereocenters. The van der Waals surface area contributed by atoms with Gasteiger partial charge in [-0.3, -0.25) is 9.78 Å². The topological polar surface area (TPSA) is 51.2 Å². The van der Waals surface area contributed by atoms with E-state index in [1.165, 1.54) is 5.56 Å². The lowest BCUT2D eigenvalue weighted by molar-refractivity contribution is -0.127. The number of nitrogens with one attached hydrogen (secondary N) is 1. The van der Waals surface area contributed by atoms with E-state index in [9.17, 15) is 4.79 Å². The second-order valence-electron chi connectivity index (χ2n) is 8.38. The van der Waals surface area contributed by atoms with Crippen LogP contribution in [0.5, 0.6) is 5.75 Å². The van der Waals surface area contributed by atoms with Crippen LogP contribution < -0.4 is 10.1 Å². The number of rotatable bonds is 6. The van der Waals surface area contributed by atoms with Crippen molar-refractivity contribution in [2.75, 3.05) is 6.54 Å². The minimum atomic E-state index is -0.557. The lowest BCUT2D eigenvalue weighted by atomic mass is 9.85. The Morgan fingerprint density at radius 1 is 1.08 bits per heavy atom. The van der Waals surface area contributed by atoms with E-state index in [1.807, 2.05) is 30.3 Å². The van der Waals surface area contributed by atoms with Crippen LogP contribution in [-0.4, -0.2) is 23.5 Å². The number of carbonyl (C=O) groups excluding carboxylic acids is 1. The monoisotopic (exact) mass is 354 g/mol. The summed E-state index contributed by atoms with van der Waals surface area (Å²) in [5, 5.41) is 3.00. The predicted octanol–water partition coefficient (Wildman–Crippen LogP) is 4.24. The molecule has 1 unspecified atom stereocenters. The molecule has 0 spiro atoms. The Labute approximate surface area is 157 Å². The predicted molar refractivity (Wildman–Crippen MR) is 106 cm³/mol. The molecule has 0 bridgehead atoms. The van der Waals surface area contributed by atoms with Crippen LogP contribution in [0.25, 0.3) is 0 Å². The summed E-state index contributed by atoms with van der Waals surface area (Å²) in [6, 6.07) is 11.9. The van der Waals surface area contributed by atoms with Crippen molar-refractivity contribution in [3.8, 4) is 5.75 Å². The van der Waals surface area contributed by atoms with Gasteiger partial charge in [-0.05, 0) is 47.7 Å². The molecule has 2 aromatic rings. The number of ether oxygens (including phenoxy) is 1. The molecule has 0 aliphatic carbocycles. The normalized spacial score (nSPS) is 13.2. The largest absolute Gasteiger partial charge is 0.481 e. The Morgan fingerprint density at radius 3 is 2.35 bits per heavy atom. The molecule has 1 aromatic carbocycles. The smallest absolute Gasteiger partial charge is 0.260 e. The van der Waals surface area contributed by atoms with Gasteiger partial charge >= 0.3 is 0 Å². The number of aromatic nitrogens is 1. The highest BCUT2D eigenvalue weighted by Crippen LogP contribution is 2.26. The van der Waals surface area contributed by atoms with Crippen molar-refractivity contribution in [3.63, 3.8) is 0 Å². The highest BCUT2D eigenvalue weighted by molar-refractivity contribution is 5.80. The summed E-state index contributed by atoms with van der Waals surface area (Å²) in [5.74, 6) is 0.599. The standard InChI is InChI=1S/C22H30N2O2/c1-16(26-19-9-7-8-18(14-19)21(2,3)4)20(25)24-15-22(5,6)17-10-12-23-13-11-17/h7-14,16H,15H2,1-6H3,(H,24,25). The van der Waals surface area contributed by atoms with Crippen molar-refractivity contribution in [1.29, 1.82) is 0 Å². The zero-order valence-corrected chi connectivity index (χ0v) is 16.7. The Morgan fingerprint density at radius 2 is 1.73 bits per heavy atom. The molecular weight excluding hydrogens is 324 g/mol. The summed E-state index contributed by atoms with van der Waals surface area (Å²) in [6.45, 7) is 13.0. The van der Waals surface area contributed by atoms with Crippen molar-refractivity contribution in [2.45, 2.75) is 58.5 Å². The van der Waals surface area contributed by atoms with Crippen LogP contribution in [0.3, 0.4) is 0 Å². The molecule has 0 aliphatic heterocycles. The second-order valence-corrected chi connectivity index (χ2v) is 8.38. The molecule has 4 nitrogen and oxygen atoms in total. The summed E-state index contributed by atoms with van der Waals surface area (Å²) in [7, 11) is 0. The van der Waals surface area contributed by atoms with Crippen molar-refractivity contribution in [2.24, 2.45) is 0 Å². The maximum absolute atomic E-state index is 12.5. The quantitative estimate of drug-likeness (QED) is 0.844. The molecule has 0 saturated carbocycles. The number of hydrogen-bond donors (Lipinski definition) is 1. The molecule has 1 heterocycles. The molecule has 2 rings (SSSR count). The summed E-state index contributed by atoms with van der Waals surface area (Å²) in [5.41, 5.74) is 2.19. The Hall–Kier alpha value is -2.36. The van der Waals surface area contributed by atoms with Crippen LogP contribution in [0.4, 0.5) is 0 Å². The van der Waals surface area contributed by atoms with Crippen LogP contribution >= 0.6 is 0 Å². The van der Waals surface area contributed by atoms with Crippen molar-refractivity contribution in [3.05, 3.63) is 59.9 Å². The molecule has 1 aromatic heterocycles. The van der Waals surface area contributed by atoms with E-state index >= 15 is 0 Å². The Kier molecular flexibility index (Phi) is 6.06. The minimum Gasteiger partial charge on any atom is -0.481 e. The first-order valence-corrected chi connectivity index (χ1v) is 9.05. The van der Waals surface area contributed by atoms with E-state index in [1.54, 1.807) is 19.3 Å². The van der Waals surface area contributed by atoms with Crippen LogP contribution in [0.1, 0.15) is 52.7 Å². The van der Waals surface area contributed by atoms with Gasteiger partial charge in [0.05, 0.1) is 0 Å². The van der Waals surface area contributed by atoms with E-state index in [0.717, 1.165) is 5.56 Å². The van der Waals surface area contributed by atoms with Gasteiger partial charge < -0.3 is 10.1 Å². The SMILES string of the molecule is CC(Oc1cccc(C(C)(C)C)c1)C(=O)NCC(C)(C)c1ccncc1. The molecular formula is C22H30N2O2. The summed E-state index contributed by atoms with van der Waals surface area (Å²) < 4.78 is 5.86. The van der Waals surface area contributed by atoms with Crippen molar-refractivity contribution < 1.29 is 9.53 Å². The number of pyridine rings is 1. The Balaban J connectivity index is 1.96. The van der Waals surface area contributed by atoms with Crippen LogP contribution in [0.2, 0.25) is 0 Å². The van der Waals surface area contributed by atoms with Gasteiger partial charge in [0.2, 0.25) is 0 Å². The fourth-order valence-electron chi connectivity index (χ4n) is 2.65. The lowest BCUT2D eigenvalue weighted by Gasteiger charge is -2.26. The number of nitrogens with zero attached hydrogens (tertiary/aromatic N) is 1. The molecule has 0 fully saturated rings. The summed E-state index contributed by atoms with van der Waals surface area (Å²) in [6.07, 6.45) is 2.98.